The predicted molar refractivity (Wildman–Crippen MR) is 122 cm³/mol. The fraction of sp³-hybridized carbons (Fsp3) is 0.261. The van der Waals surface area contributed by atoms with E-state index >= 15 is 4.39 Å². The van der Waals surface area contributed by atoms with E-state index in [4.69, 9.17) is 11.6 Å². The number of amides is 2. The van der Waals surface area contributed by atoms with Crippen LogP contribution in [0.2, 0.25) is 5.02 Å². The Labute approximate surface area is 197 Å². The quantitative estimate of drug-likeness (QED) is 0.573. The average Bonchev–Trinajstić information content (AvgIpc) is 2.82. The summed E-state index contributed by atoms with van der Waals surface area (Å²) in [5.74, 6) is -1.90. The second-order valence-electron chi connectivity index (χ2n) is 8.20. The van der Waals surface area contributed by atoms with Crippen LogP contribution in [-0.2, 0) is 11.4 Å². The number of hydrogen-bond donors (Lipinski definition) is 2. The highest BCUT2D eigenvalue weighted by Gasteiger charge is 2.42. The van der Waals surface area contributed by atoms with Crippen molar-refractivity contribution in [3.05, 3.63) is 52.7 Å². The van der Waals surface area contributed by atoms with Gasteiger partial charge in [0.2, 0.25) is 0 Å². The molecule has 2 N–H and O–H groups in total. The summed E-state index contributed by atoms with van der Waals surface area (Å²) in [5.41, 5.74) is 0.680. The fourth-order valence-corrected chi connectivity index (χ4v) is 5.06. The molecular weight excluding hydrogens is 470 g/mol. The summed E-state index contributed by atoms with van der Waals surface area (Å²) < 4.78 is 30.6. The zero-order valence-electron chi connectivity index (χ0n) is 17.9. The second kappa shape index (κ2) is 8.07. The molecule has 1 aromatic heterocycles. The number of aliphatic hydroxyl groups is 1. The molecule has 0 saturated carbocycles. The fourth-order valence-electron chi connectivity index (χ4n) is 4.78. The number of pyridine rings is 1. The predicted octanol–water partition coefficient (Wildman–Crippen LogP) is 3.47. The number of piperazine rings is 1. The third-order valence-corrected chi connectivity index (χ3v) is 6.74. The standard InChI is InChI=1S/C23H19ClF2N4O4/c1-28-15-8-27-20-12(21(15)30-6-5-29(23(33)34)9-16(30)22(28)32)7-13(24)18(19(20)26)17-11(10-31)3-2-4-14(17)25/h2-4,7-8,16,31H,5-6,9-10H2,1H3,(H,33,34)/t16-/m1/s1. The number of carbonyl (C=O) groups excluding carboxylic acids is 1. The van der Waals surface area contributed by atoms with Crippen molar-refractivity contribution >= 4 is 45.9 Å². The van der Waals surface area contributed by atoms with Gasteiger partial charge in [-0.25, -0.2) is 13.6 Å². The summed E-state index contributed by atoms with van der Waals surface area (Å²) in [5, 5.41) is 19.3. The number of hydrogen-bond acceptors (Lipinski definition) is 5. The first-order chi connectivity index (χ1) is 16.2. The summed E-state index contributed by atoms with van der Waals surface area (Å²) in [7, 11) is 1.55. The number of anilines is 2. The van der Waals surface area contributed by atoms with Crippen molar-refractivity contribution in [3.63, 3.8) is 0 Å². The molecule has 176 valence electrons. The molecule has 2 amide bonds. The normalized spacial score (nSPS) is 17.7. The van der Waals surface area contributed by atoms with E-state index in [1.807, 2.05) is 0 Å². The third kappa shape index (κ3) is 3.17. The molecule has 1 fully saturated rings. The van der Waals surface area contributed by atoms with E-state index in [0.717, 1.165) is 6.07 Å². The van der Waals surface area contributed by atoms with Crippen LogP contribution in [0.15, 0.2) is 30.5 Å². The van der Waals surface area contributed by atoms with Crippen LogP contribution < -0.4 is 9.80 Å². The maximum atomic E-state index is 15.9. The number of nitrogens with zero attached hydrogens (tertiary/aromatic N) is 4. The van der Waals surface area contributed by atoms with Gasteiger partial charge in [-0.1, -0.05) is 23.7 Å². The van der Waals surface area contributed by atoms with E-state index in [2.05, 4.69) is 4.98 Å². The minimum atomic E-state index is -1.12. The molecule has 0 bridgehead atoms. The number of aromatic nitrogens is 1. The molecule has 2 aromatic carbocycles. The molecule has 2 aliphatic rings. The highest BCUT2D eigenvalue weighted by atomic mass is 35.5. The zero-order chi connectivity index (χ0) is 24.3. The Kier molecular flexibility index (Phi) is 5.29. The largest absolute Gasteiger partial charge is 0.465 e. The number of aliphatic hydroxyl groups excluding tert-OH is 1. The zero-order valence-corrected chi connectivity index (χ0v) is 18.7. The summed E-state index contributed by atoms with van der Waals surface area (Å²) in [6.07, 6.45) is 0.244. The van der Waals surface area contributed by atoms with Crippen LogP contribution >= 0.6 is 11.6 Å². The number of carbonyl (C=O) groups is 2. The van der Waals surface area contributed by atoms with Crippen LogP contribution in [0.25, 0.3) is 22.0 Å². The Morgan fingerprint density at radius 3 is 2.74 bits per heavy atom. The Bertz CT molecular complexity index is 1370. The van der Waals surface area contributed by atoms with Gasteiger partial charge in [0.15, 0.2) is 5.82 Å². The molecule has 5 rings (SSSR count). The summed E-state index contributed by atoms with van der Waals surface area (Å²) in [6.45, 7) is -0.173. The van der Waals surface area contributed by atoms with Crippen molar-refractivity contribution in [3.8, 4) is 11.1 Å². The lowest BCUT2D eigenvalue weighted by Crippen LogP contribution is -2.62. The number of benzene rings is 2. The van der Waals surface area contributed by atoms with Crippen molar-refractivity contribution in [2.75, 3.05) is 36.5 Å². The van der Waals surface area contributed by atoms with Gasteiger partial charge in [0.1, 0.15) is 17.4 Å². The lowest BCUT2D eigenvalue weighted by Gasteiger charge is -2.46. The van der Waals surface area contributed by atoms with E-state index in [0.29, 0.717) is 16.8 Å². The van der Waals surface area contributed by atoms with Crippen molar-refractivity contribution in [1.82, 2.24) is 9.88 Å². The van der Waals surface area contributed by atoms with Gasteiger partial charge in [-0.05, 0) is 17.7 Å². The molecule has 1 atom stereocenters. The molecular formula is C23H19ClF2N4O4. The van der Waals surface area contributed by atoms with Gasteiger partial charge in [-0.2, -0.15) is 0 Å². The van der Waals surface area contributed by atoms with Gasteiger partial charge in [0.05, 0.1) is 35.7 Å². The van der Waals surface area contributed by atoms with Gasteiger partial charge in [0, 0.05) is 36.7 Å². The molecule has 0 aliphatic carbocycles. The monoisotopic (exact) mass is 488 g/mol. The number of carboxylic acid groups (broad SMARTS) is 1. The van der Waals surface area contributed by atoms with Gasteiger partial charge in [-0.3, -0.25) is 9.78 Å². The van der Waals surface area contributed by atoms with Crippen molar-refractivity contribution < 1.29 is 28.6 Å². The van der Waals surface area contributed by atoms with Crippen LogP contribution in [0.3, 0.4) is 0 Å². The number of likely N-dealkylation sites (N-methyl/N-ethyl adjacent to an activating group) is 1. The summed E-state index contributed by atoms with van der Waals surface area (Å²) >= 11 is 6.49. The Morgan fingerprint density at radius 2 is 2.03 bits per heavy atom. The van der Waals surface area contributed by atoms with Crippen LogP contribution in [-0.4, -0.2) is 64.8 Å². The minimum absolute atomic E-state index is 0.0366. The first-order valence-electron chi connectivity index (χ1n) is 10.5. The molecule has 1 saturated heterocycles. The van der Waals surface area contributed by atoms with Gasteiger partial charge < -0.3 is 24.9 Å². The third-order valence-electron chi connectivity index (χ3n) is 6.44. The molecule has 0 radical (unpaired) electrons. The second-order valence-corrected chi connectivity index (χ2v) is 8.61. The molecule has 2 aliphatic heterocycles. The lowest BCUT2D eigenvalue weighted by atomic mass is 9.95. The maximum Gasteiger partial charge on any atom is 0.407 e. The van der Waals surface area contributed by atoms with Crippen LogP contribution in [0.5, 0.6) is 0 Å². The van der Waals surface area contributed by atoms with Crippen molar-refractivity contribution in [2.24, 2.45) is 0 Å². The Morgan fingerprint density at radius 1 is 1.26 bits per heavy atom. The molecule has 3 heterocycles. The van der Waals surface area contributed by atoms with Gasteiger partial charge in [0.25, 0.3) is 5.91 Å². The minimum Gasteiger partial charge on any atom is -0.465 e. The molecule has 11 heteroatoms. The first-order valence-corrected chi connectivity index (χ1v) is 10.8. The SMILES string of the molecule is CN1C(=O)[C@H]2CN(C(=O)O)CCN2c2c1cnc1c(F)c(-c3c(F)cccc3CO)c(Cl)cc21. The highest BCUT2D eigenvalue weighted by molar-refractivity contribution is 6.34. The molecule has 34 heavy (non-hydrogen) atoms. The number of fused-ring (bicyclic) bond motifs is 5. The van der Waals surface area contributed by atoms with Crippen molar-refractivity contribution in [2.45, 2.75) is 12.6 Å². The van der Waals surface area contributed by atoms with E-state index in [1.54, 1.807) is 11.9 Å². The molecule has 8 nitrogen and oxygen atoms in total. The Hall–Kier alpha value is -3.50. The van der Waals surface area contributed by atoms with Crippen molar-refractivity contribution in [1.29, 1.82) is 0 Å². The van der Waals surface area contributed by atoms with E-state index in [-0.39, 0.29) is 52.8 Å². The van der Waals surface area contributed by atoms with E-state index in [9.17, 15) is 24.2 Å². The molecule has 0 spiro atoms. The van der Waals surface area contributed by atoms with Gasteiger partial charge in [-0.15, -0.1) is 0 Å². The summed E-state index contributed by atoms with van der Waals surface area (Å²) in [4.78, 5) is 33.0. The van der Waals surface area contributed by atoms with Crippen LogP contribution in [0.1, 0.15) is 5.56 Å². The topological polar surface area (TPSA) is 97.2 Å². The lowest BCUT2D eigenvalue weighted by molar-refractivity contribution is -0.120. The van der Waals surface area contributed by atoms with Crippen LogP contribution in [0.4, 0.5) is 25.0 Å². The maximum absolute atomic E-state index is 15.9. The van der Waals surface area contributed by atoms with Gasteiger partial charge >= 0.3 is 6.09 Å². The Balaban J connectivity index is 1.74. The number of rotatable bonds is 2. The highest BCUT2D eigenvalue weighted by Crippen LogP contribution is 2.46. The van der Waals surface area contributed by atoms with E-state index < -0.39 is 30.4 Å². The smallest absolute Gasteiger partial charge is 0.407 e. The summed E-state index contributed by atoms with van der Waals surface area (Å²) in [6, 6.07) is 4.73. The number of halogens is 3. The molecule has 0 unspecified atom stereocenters. The van der Waals surface area contributed by atoms with E-state index in [1.165, 1.54) is 34.2 Å². The molecule has 3 aromatic rings. The van der Waals surface area contributed by atoms with Crippen LogP contribution in [0, 0.1) is 11.6 Å². The first kappa shape index (κ1) is 22.3. The average molecular weight is 489 g/mol.